The van der Waals surface area contributed by atoms with Crippen molar-refractivity contribution >= 4 is 55.9 Å². The fraction of sp³-hybridized carbons (Fsp3) is 0.350. The molecule has 0 amide bonds. The van der Waals surface area contributed by atoms with Gasteiger partial charge in [-0.15, -0.1) is 0 Å². The quantitative estimate of drug-likeness (QED) is 0.205. The molecule has 3 heteroatoms. The Kier molecular flexibility index (Phi) is 6.78. The van der Waals surface area contributed by atoms with Crippen molar-refractivity contribution in [1.82, 2.24) is 0 Å². The Labute approximate surface area is 261 Å². The standard InChI is InChI=1S/C40H43ClN2/c1-39(2)34(42(5)32-22-18-26-12-7-9-16-30(26)36(32)39)24-20-28-14-11-15-29(38(28)41)21-25-35-40(3,4)37-31-17-10-8-13-27(31)19-23-33(37)43(35)6/h7-10,12-13,16-20,22-24,29H,11,14-15,21,25H2,1-6H3/q+2/b24-20+. The number of fused-ring (bicyclic) bond motifs is 6. The molecule has 0 bridgehead atoms. The minimum atomic E-state index is -0.0863. The normalized spacial score (nSPS) is 21.0. The van der Waals surface area contributed by atoms with E-state index in [2.05, 4.69) is 136 Å². The Morgan fingerprint density at radius 1 is 0.744 bits per heavy atom. The summed E-state index contributed by atoms with van der Waals surface area (Å²) in [6, 6.07) is 26.7. The van der Waals surface area contributed by atoms with Crippen LogP contribution in [0.25, 0.3) is 21.5 Å². The van der Waals surface area contributed by atoms with Gasteiger partial charge < -0.3 is 0 Å². The van der Waals surface area contributed by atoms with Crippen molar-refractivity contribution in [3.8, 4) is 0 Å². The molecule has 218 valence electrons. The summed E-state index contributed by atoms with van der Waals surface area (Å²) in [6.07, 6.45) is 10.2. The lowest BCUT2D eigenvalue weighted by Crippen LogP contribution is -2.29. The number of rotatable bonds is 5. The first-order chi connectivity index (χ1) is 20.6. The van der Waals surface area contributed by atoms with Crippen LogP contribution in [0.1, 0.15) is 70.9 Å². The SMILES string of the molecule is C[N+]1=C(/C=C/C2=C(Cl)C(CCC3=[N+](C)c4ccc5ccccc5c4C3(C)C)CCC2)C(C)(C)c2c1ccc1ccccc21. The molecule has 0 saturated heterocycles. The summed E-state index contributed by atoms with van der Waals surface area (Å²) in [5.41, 5.74) is 9.59. The average molecular weight is 587 g/mol. The monoisotopic (exact) mass is 586 g/mol. The fourth-order valence-corrected chi connectivity index (χ4v) is 8.93. The highest BCUT2D eigenvalue weighted by atomic mass is 35.5. The predicted molar refractivity (Wildman–Crippen MR) is 184 cm³/mol. The molecule has 4 aromatic rings. The van der Waals surface area contributed by atoms with Gasteiger partial charge in [0.15, 0.2) is 11.4 Å². The largest absolute Gasteiger partial charge is 0.210 e. The topological polar surface area (TPSA) is 6.02 Å². The van der Waals surface area contributed by atoms with E-state index in [1.807, 2.05) is 0 Å². The zero-order chi connectivity index (χ0) is 30.1. The van der Waals surface area contributed by atoms with Gasteiger partial charge >= 0.3 is 0 Å². The van der Waals surface area contributed by atoms with E-state index in [-0.39, 0.29) is 10.8 Å². The first kappa shape index (κ1) is 28.3. The van der Waals surface area contributed by atoms with Crippen molar-refractivity contribution in [2.75, 3.05) is 14.1 Å². The number of benzene rings is 4. The van der Waals surface area contributed by atoms with E-state index in [1.54, 1.807) is 0 Å². The molecule has 1 aliphatic carbocycles. The molecule has 0 N–H and O–H groups in total. The smallest absolute Gasteiger partial charge is 0.202 e. The lowest BCUT2D eigenvalue weighted by molar-refractivity contribution is -0.404. The van der Waals surface area contributed by atoms with E-state index < -0.39 is 0 Å². The minimum Gasteiger partial charge on any atom is -0.202 e. The highest BCUT2D eigenvalue weighted by Gasteiger charge is 2.46. The second-order valence-electron chi connectivity index (χ2n) is 13.9. The third-order valence-electron chi connectivity index (χ3n) is 10.8. The van der Waals surface area contributed by atoms with Crippen LogP contribution < -0.4 is 0 Å². The molecule has 1 atom stereocenters. The zero-order valence-corrected chi connectivity index (χ0v) is 27.2. The summed E-state index contributed by atoms with van der Waals surface area (Å²) in [7, 11) is 4.46. The van der Waals surface area contributed by atoms with E-state index in [4.69, 9.17) is 11.6 Å². The molecule has 0 spiro atoms. The van der Waals surface area contributed by atoms with E-state index in [9.17, 15) is 0 Å². The number of halogens is 1. The number of allylic oxidation sites excluding steroid dienone is 4. The lowest BCUT2D eigenvalue weighted by atomic mass is 9.76. The third kappa shape index (κ3) is 4.36. The Balaban J connectivity index is 1.14. The van der Waals surface area contributed by atoms with Crippen molar-refractivity contribution in [1.29, 1.82) is 0 Å². The first-order valence-electron chi connectivity index (χ1n) is 15.9. The van der Waals surface area contributed by atoms with Crippen LogP contribution >= 0.6 is 11.6 Å². The lowest BCUT2D eigenvalue weighted by Gasteiger charge is -2.25. The second-order valence-corrected chi connectivity index (χ2v) is 14.3. The molecule has 3 aliphatic rings. The van der Waals surface area contributed by atoms with Gasteiger partial charge in [0.05, 0.1) is 10.8 Å². The number of hydrogen-bond acceptors (Lipinski definition) is 0. The first-order valence-corrected chi connectivity index (χ1v) is 16.3. The third-order valence-corrected chi connectivity index (χ3v) is 11.3. The molecule has 2 nitrogen and oxygen atoms in total. The summed E-state index contributed by atoms with van der Waals surface area (Å²) in [5, 5.41) is 6.43. The van der Waals surface area contributed by atoms with Gasteiger partial charge in [0.25, 0.3) is 0 Å². The van der Waals surface area contributed by atoms with E-state index in [1.165, 1.54) is 73.9 Å². The average Bonchev–Trinajstić information content (AvgIpc) is 3.33. The van der Waals surface area contributed by atoms with Crippen LogP contribution in [0.15, 0.2) is 95.6 Å². The summed E-state index contributed by atoms with van der Waals surface area (Å²) < 4.78 is 4.84. The summed E-state index contributed by atoms with van der Waals surface area (Å²) in [6.45, 7) is 9.53. The minimum absolute atomic E-state index is 0.00695. The predicted octanol–water partition coefficient (Wildman–Crippen LogP) is 10.3. The van der Waals surface area contributed by atoms with Crippen molar-refractivity contribution in [2.45, 2.75) is 70.6 Å². The molecule has 7 rings (SSSR count). The van der Waals surface area contributed by atoms with Gasteiger partial charge in [0.2, 0.25) is 11.4 Å². The maximum absolute atomic E-state index is 7.25. The molecule has 0 radical (unpaired) electrons. The van der Waals surface area contributed by atoms with Gasteiger partial charge in [-0.2, -0.15) is 4.58 Å². The van der Waals surface area contributed by atoms with Gasteiger partial charge in [-0.3, -0.25) is 0 Å². The van der Waals surface area contributed by atoms with Crippen LogP contribution in [0.3, 0.4) is 0 Å². The van der Waals surface area contributed by atoms with Crippen LogP contribution in [0.2, 0.25) is 0 Å². The Hall–Kier alpha value is -3.49. The molecular weight excluding hydrogens is 544 g/mol. The Bertz CT molecular complexity index is 1930. The van der Waals surface area contributed by atoms with Crippen molar-refractivity contribution < 1.29 is 9.15 Å². The van der Waals surface area contributed by atoms with Crippen molar-refractivity contribution in [3.63, 3.8) is 0 Å². The van der Waals surface area contributed by atoms with Crippen molar-refractivity contribution in [3.05, 3.63) is 107 Å². The van der Waals surface area contributed by atoms with Gasteiger partial charge in [-0.05, 0) is 98.5 Å². The van der Waals surface area contributed by atoms with E-state index in [0.717, 1.165) is 24.3 Å². The Morgan fingerprint density at radius 2 is 1.33 bits per heavy atom. The van der Waals surface area contributed by atoms with Crippen LogP contribution in [-0.4, -0.2) is 34.7 Å². The Morgan fingerprint density at radius 3 is 1.98 bits per heavy atom. The molecule has 2 aliphatic heterocycles. The second kappa shape index (κ2) is 10.3. The fourth-order valence-electron chi connectivity index (χ4n) is 8.55. The van der Waals surface area contributed by atoms with E-state index >= 15 is 0 Å². The summed E-state index contributed by atoms with van der Waals surface area (Å²) in [4.78, 5) is 0. The molecule has 0 aromatic heterocycles. The molecule has 2 heterocycles. The van der Waals surface area contributed by atoms with Gasteiger partial charge in [0, 0.05) is 40.8 Å². The highest BCUT2D eigenvalue weighted by Crippen LogP contribution is 2.46. The summed E-state index contributed by atoms with van der Waals surface area (Å²) >= 11 is 7.25. The summed E-state index contributed by atoms with van der Waals surface area (Å²) in [5.74, 6) is 0.410. The molecule has 4 aromatic carbocycles. The van der Waals surface area contributed by atoms with E-state index in [0.29, 0.717) is 5.92 Å². The molecule has 0 saturated carbocycles. The molecule has 0 fully saturated rings. The van der Waals surface area contributed by atoms with Crippen LogP contribution in [0, 0.1) is 5.92 Å². The van der Waals surface area contributed by atoms with Crippen LogP contribution in [0.4, 0.5) is 11.4 Å². The molecule has 1 unspecified atom stereocenters. The maximum atomic E-state index is 7.25. The highest BCUT2D eigenvalue weighted by molar-refractivity contribution is 6.30. The zero-order valence-electron chi connectivity index (χ0n) is 26.5. The van der Waals surface area contributed by atoms with Crippen LogP contribution in [0.5, 0.6) is 0 Å². The number of hydrogen-bond donors (Lipinski definition) is 0. The van der Waals surface area contributed by atoms with Gasteiger partial charge in [0.1, 0.15) is 14.1 Å². The molecule has 43 heavy (non-hydrogen) atoms. The molecular formula is C40H43ClN2+2. The van der Waals surface area contributed by atoms with Crippen LogP contribution in [-0.2, 0) is 10.8 Å². The van der Waals surface area contributed by atoms with Gasteiger partial charge in [-0.25, -0.2) is 4.58 Å². The van der Waals surface area contributed by atoms with Crippen molar-refractivity contribution in [2.24, 2.45) is 5.92 Å². The maximum Gasteiger partial charge on any atom is 0.210 e. The number of nitrogens with zero attached hydrogens (tertiary/aromatic N) is 2. The van der Waals surface area contributed by atoms with Gasteiger partial charge in [-0.1, -0.05) is 66.2 Å².